The minimum absolute atomic E-state index is 0.815. The van der Waals surface area contributed by atoms with Gasteiger partial charge in [-0.05, 0) is 153 Å². The van der Waals surface area contributed by atoms with Gasteiger partial charge in [0.2, 0.25) is 0 Å². The quantitative estimate of drug-likeness (QED) is 0.133. The van der Waals surface area contributed by atoms with E-state index in [1.165, 1.54) is 141 Å². The Labute approximate surface area is 857 Å². The number of para-hydroxylation sites is 8. The van der Waals surface area contributed by atoms with Crippen molar-refractivity contribution in [3.63, 3.8) is 0 Å². The summed E-state index contributed by atoms with van der Waals surface area (Å²) in [5, 5.41) is 28.1. The maximum atomic E-state index is 5.70. The molecule has 33 rings (SSSR count). The molecule has 0 aliphatic carbocycles. The highest BCUT2D eigenvalue weighted by atomic mass is 15.1. The van der Waals surface area contributed by atoms with E-state index in [1.54, 1.807) is 0 Å². The van der Waals surface area contributed by atoms with Gasteiger partial charge in [0.05, 0.1) is 105 Å². The van der Waals surface area contributed by atoms with Crippen molar-refractivity contribution in [2.45, 2.75) is 0 Å². The molecule has 150 heavy (non-hydrogen) atoms. The number of aromatic nitrogens is 12. The lowest BCUT2D eigenvalue weighted by Crippen LogP contribution is -2.04. The number of rotatable bonds is 9. The van der Waals surface area contributed by atoms with Gasteiger partial charge >= 0.3 is 0 Å². The van der Waals surface area contributed by atoms with E-state index >= 15 is 0 Å². The van der Waals surface area contributed by atoms with Crippen molar-refractivity contribution in [2.75, 3.05) is 0 Å². The molecular weight excluding hydrogens is 1830 g/mol. The van der Waals surface area contributed by atoms with Crippen LogP contribution < -0.4 is 0 Å². The monoisotopic (exact) mass is 1910 g/mol. The van der Waals surface area contributed by atoms with Gasteiger partial charge in [-0.25, -0.2) is 24.9 Å². The van der Waals surface area contributed by atoms with Crippen LogP contribution in [0.4, 0.5) is 0 Å². The Kier molecular flexibility index (Phi) is 18.9. The molecule has 0 N–H and O–H groups in total. The zero-order valence-corrected chi connectivity index (χ0v) is 80.9. The van der Waals surface area contributed by atoms with Crippen molar-refractivity contribution in [1.82, 2.24) is 57.3 Å². The van der Waals surface area contributed by atoms with Crippen LogP contribution in [0.2, 0.25) is 0 Å². The van der Waals surface area contributed by atoms with E-state index < -0.39 is 0 Å². The van der Waals surface area contributed by atoms with Crippen molar-refractivity contribution < 1.29 is 0 Å². The Bertz CT molecular complexity index is 11400. The number of nitrogens with zero attached hydrogens (tertiary/aromatic N) is 12. The van der Waals surface area contributed by atoms with Crippen LogP contribution in [0.1, 0.15) is 0 Å². The molecule has 0 fully saturated rings. The fourth-order valence-electron chi connectivity index (χ4n) is 24.3. The summed E-state index contributed by atoms with van der Waals surface area (Å²) in [5.41, 5.74) is 28.8. The van der Waals surface area contributed by atoms with E-state index in [0.717, 1.165) is 156 Å². The Morgan fingerprint density at radius 3 is 0.640 bits per heavy atom. The minimum Gasteiger partial charge on any atom is -0.309 e. The first-order valence-electron chi connectivity index (χ1n) is 51.0. The van der Waals surface area contributed by atoms with Crippen LogP contribution in [0.25, 0.3) is 297 Å². The Balaban J connectivity index is 0.000000102. The zero-order valence-electron chi connectivity index (χ0n) is 80.9. The second-order valence-electron chi connectivity index (χ2n) is 39.0. The van der Waals surface area contributed by atoms with Crippen LogP contribution in [0.3, 0.4) is 0 Å². The summed E-state index contributed by atoms with van der Waals surface area (Å²) in [5.74, 6) is 2.45. The van der Waals surface area contributed by atoms with E-state index in [0.29, 0.717) is 0 Å². The molecule has 0 aliphatic rings. The molecule has 0 aliphatic heterocycles. The number of hydrogen-bond acceptors (Lipinski definition) is 6. The van der Waals surface area contributed by atoms with Gasteiger partial charge in [-0.3, -0.25) is 18.7 Å². The molecule has 0 atom stereocenters. The van der Waals surface area contributed by atoms with Crippen LogP contribution in [0.5, 0.6) is 0 Å². The molecule has 0 spiro atoms. The lowest BCUT2D eigenvalue weighted by atomic mass is 9.99. The summed E-state index contributed by atoms with van der Waals surface area (Å²) in [4.78, 5) is 33.0. The Hall–Kier alpha value is -20.3. The van der Waals surface area contributed by atoms with E-state index in [4.69, 9.17) is 29.9 Å². The zero-order chi connectivity index (χ0) is 98.3. The third-order valence-electron chi connectivity index (χ3n) is 30.9. The predicted molar refractivity (Wildman–Crippen MR) is 626 cm³/mol. The van der Waals surface area contributed by atoms with Crippen molar-refractivity contribution in [3.8, 4) is 68.2 Å². The van der Waals surface area contributed by atoms with Crippen molar-refractivity contribution >= 4 is 229 Å². The number of benzene rings is 24. The molecule has 9 heterocycles. The Morgan fingerprint density at radius 2 is 0.333 bits per heavy atom. The highest BCUT2D eigenvalue weighted by molar-refractivity contribution is 6.29. The molecule has 33 aromatic rings. The fraction of sp³-hybridized carbons (Fsp3) is 0. The summed E-state index contributed by atoms with van der Waals surface area (Å²) in [7, 11) is 0. The van der Waals surface area contributed by atoms with Gasteiger partial charge in [0.15, 0.2) is 17.5 Å². The van der Waals surface area contributed by atoms with Gasteiger partial charge in [0, 0.05) is 125 Å². The second-order valence-corrected chi connectivity index (χ2v) is 39.0. The first-order valence-corrected chi connectivity index (χ1v) is 51.0. The van der Waals surface area contributed by atoms with Gasteiger partial charge < -0.3 is 13.7 Å². The van der Waals surface area contributed by atoms with Gasteiger partial charge in [-0.2, -0.15) is 0 Å². The maximum Gasteiger partial charge on any atom is 0.165 e. The molecule has 0 bridgehead atoms. The van der Waals surface area contributed by atoms with E-state index in [9.17, 15) is 0 Å². The average molecular weight is 1910 g/mol. The number of hydrogen-bond donors (Lipinski definition) is 0. The van der Waals surface area contributed by atoms with Gasteiger partial charge in [-0.1, -0.05) is 394 Å². The molecule has 12 heteroatoms. The highest BCUT2D eigenvalue weighted by Crippen LogP contribution is 2.49. The van der Waals surface area contributed by atoms with Gasteiger partial charge in [0.1, 0.15) is 11.4 Å². The average Bonchev–Trinajstić information content (AvgIpc) is 1.53. The molecule has 696 valence electrons. The fourth-order valence-corrected chi connectivity index (χ4v) is 24.3. The Morgan fingerprint density at radius 1 is 0.127 bits per heavy atom. The standard InChI is InChI=1S/C52H32N4.C46H28N4.C40H24N4/c1-3-15-33(16-4-1)34-27-29-36(30-28-34)55-45-25-13-11-21-39(45)43-32-48-44(31-47(43)55)40-22-12-14-26-46(40)56(48)52-49(35-17-5-2-6-18-35)53-50-41-23-9-7-19-37(41)38-20-8-10-24-42(38)51(50)54-52;1-3-15-29(16-4-1)43-46(48-45-36-24-10-8-20-32(36)31-19-7-9-23-35(31)44(45)47-43)50-40-26-14-12-22-34(40)38-27-41-37(28-42(38)50)33-21-11-13-25-39(33)49(41)30-17-5-2-6-18-30;1-2-12-25(13-3-1)43-34-20-10-8-16-28(34)32-23-37-33(22-36(32)43)29-17-9-11-21-35(29)44(37)38-24-41-39-30-18-6-4-14-26(30)27-15-5-7-19-31(27)40(39)42-38/h1-32H;1-28H;1-24H. The highest BCUT2D eigenvalue weighted by Gasteiger charge is 2.30. The molecule has 0 unspecified atom stereocenters. The van der Waals surface area contributed by atoms with Gasteiger partial charge in [0.25, 0.3) is 0 Å². The van der Waals surface area contributed by atoms with E-state index in [-0.39, 0.29) is 0 Å². The largest absolute Gasteiger partial charge is 0.309 e. The van der Waals surface area contributed by atoms with Gasteiger partial charge in [-0.15, -0.1) is 0 Å². The minimum atomic E-state index is 0.815. The van der Waals surface area contributed by atoms with E-state index in [1.807, 2.05) is 6.20 Å². The lowest BCUT2D eigenvalue weighted by Gasteiger charge is -2.16. The van der Waals surface area contributed by atoms with Crippen molar-refractivity contribution in [1.29, 1.82) is 0 Å². The van der Waals surface area contributed by atoms with Crippen molar-refractivity contribution in [2.24, 2.45) is 0 Å². The van der Waals surface area contributed by atoms with E-state index in [2.05, 4.69) is 531 Å². The lowest BCUT2D eigenvalue weighted by molar-refractivity contribution is 1.08. The topological polar surface area (TPSA) is 107 Å². The predicted octanol–water partition coefficient (Wildman–Crippen LogP) is 35.4. The normalized spacial score (nSPS) is 12.0. The van der Waals surface area contributed by atoms with Crippen LogP contribution in [0.15, 0.2) is 510 Å². The molecule has 9 aromatic heterocycles. The maximum absolute atomic E-state index is 5.70. The SMILES string of the molecule is c1ccc(-c2ccc(-n3c4ccccc4c4cc5c(cc43)c3ccccc3n5-c3nc4c5ccccc5c5ccccc5c4nc3-c3ccccc3)cc2)cc1.c1ccc(-c2nc3c4ccccc4c4ccccc4c3nc2-n2c3ccccc3c3cc4c(cc32)c2ccccc2n4-c2ccccc2)cc1.c1ccc(-n2c3ccccc3c3cc4c(cc32)c2ccccc2n4-c2cnc3c4ccccc4c4ccccc4c3n2)cc1. The smallest absolute Gasteiger partial charge is 0.165 e. The summed E-state index contributed by atoms with van der Waals surface area (Å²) >= 11 is 0. The van der Waals surface area contributed by atoms with Crippen molar-refractivity contribution in [3.05, 3.63) is 510 Å². The molecule has 0 saturated carbocycles. The molecule has 24 aromatic carbocycles. The summed E-state index contributed by atoms with van der Waals surface area (Å²) in [6.07, 6.45) is 1.94. The first-order chi connectivity index (χ1) is 74.5. The molecule has 12 nitrogen and oxygen atoms in total. The summed E-state index contributed by atoms with van der Waals surface area (Å²) in [6, 6.07) is 180. The summed E-state index contributed by atoms with van der Waals surface area (Å²) < 4.78 is 14.2. The van der Waals surface area contributed by atoms with Crippen LogP contribution in [-0.2, 0) is 0 Å². The molecule has 0 saturated heterocycles. The van der Waals surface area contributed by atoms with Crippen LogP contribution >= 0.6 is 0 Å². The number of fused-ring (bicyclic) bond motifs is 36. The molecule has 0 radical (unpaired) electrons. The van der Waals surface area contributed by atoms with Crippen LogP contribution in [-0.4, -0.2) is 57.3 Å². The summed E-state index contributed by atoms with van der Waals surface area (Å²) in [6.45, 7) is 0. The first kappa shape index (κ1) is 84.2. The molecule has 0 amide bonds. The van der Waals surface area contributed by atoms with Crippen LogP contribution in [0, 0.1) is 0 Å². The molecular formula is C138H84N12. The third kappa shape index (κ3) is 12.9. The third-order valence-corrected chi connectivity index (χ3v) is 30.9. The second kappa shape index (κ2) is 33.6.